The molecule has 0 aromatic heterocycles. The summed E-state index contributed by atoms with van der Waals surface area (Å²) >= 11 is 0. The summed E-state index contributed by atoms with van der Waals surface area (Å²) in [5, 5.41) is 0. The molecule has 2 aromatic carbocycles. The molecule has 1 saturated heterocycles. The average molecular weight is 583 g/mol. The molecule has 0 radical (unpaired) electrons. The van der Waals surface area contributed by atoms with E-state index in [1.54, 1.807) is 12.1 Å². The molecule has 41 heavy (non-hydrogen) atoms. The van der Waals surface area contributed by atoms with Gasteiger partial charge in [0.1, 0.15) is 23.2 Å². The third kappa shape index (κ3) is 6.94. The van der Waals surface area contributed by atoms with Crippen LogP contribution in [0.4, 0.5) is 26.3 Å². The van der Waals surface area contributed by atoms with Crippen molar-refractivity contribution < 1.29 is 40.6 Å². The Labute approximate surface area is 236 Å². The van der Waals surface area contributed by atoms with Crippen LogP contribution in [0.3, 0.4) is 0 Å². The first-order chi connectivity index (χ1) is 19.6. The molecule has 0 amide bonds. The fraction of sp³-hybridized carbons (Fsp3) is 0.562. The van der Waals surface area contributed by atoms with Gasteiger partial charge in [-0.05, 0) is 86.5 Å². The Bertz CT molecular complexity index is 1190. The maximum Gasteiger partial charge on any atom is 0.400 e. The van der Waals surface area contributed by atoms with Crippen molar-refractivity contribution in [3.63, 3.8) is 0 Å². The van der Waals surface area contributed by atoms with E-state index in [0.717, 1.165) is 44.5 Å². The largest absolute Gasteiger partial charge is 0.432 e. The van der Waals surface area contributed by atoms with Crippen molar-refractivity contribution in [2.24, 2.45) is 17.8 Å². The van der Waals surface area contributed by atoms with E-state index in [-0.39, 0.29) is 43.1 Å². The van der Waals surface area contributed by atoms with E-state index in [2.05, 4.69) is 6.92 Å². The summed E-state index contributed by atoms with van der Waals surface area (Å²) in [4.78, 5) is 0. The van der Waals surface area contributed by atoms with Gasteiger partial charge in [-0.25, -0.2) is 17.6 Å². The first-order valence-corrected chi connectivity index (χ1v) is 14.5. The molecule has 3 fully saturated rings. The second-order valence-electron chi connectivity index (χ2n) is 11.8. The van der Waals surface area contributed by atoms with Gasteiger partial charge in [0, 0.05) is 29.5 Å². The molecule has 3 nitrogen and oxygen atoms in total. The zero-order valence-corrected chi connectivity index (χ0v) is 23.1. The van der Waals surface area contributed by atoms with Gasteiger partial charge in [-0.3, -0.25) is 0 Å². The fourth-order valence-corrected chi connectivity index (χ4v) is 6.56. The van der Waals surface area contributed by atoms with Crippen LogP contribution in [0.5, 0.6) is 5.75 Å². The van der Waals surface area contributed by atoms with Crippen LogP contribution in [0, 0.1) is 35.2 Å². The van der Waals surface area contributed by atoms with Crippen LogP contribution in [0.2, 0.25) is 0 Å². The monoisotopic (exact) mass is 582 g/mol. The van der Waals surface area contributed by atoms with E-state index >= 15 is 4.39 Å². The molecule has 0 atom stereocenters. The van der Waals surface area contributed by atoms with Crippen molar-refractivity contribution >= 4 is 6.08 Å². The Morgan fingerprint density at radius 1 is 0.805 bits per heavy atom. The summed E-state index contributed by atoms with van der Waals surface area (Å²) in [6.07, 6.45) is 1.32. The molecule has 0 spiro atoms. The summed E-state index contributed by atoms with van der Waals surface area (Å²) in [6, 6.07) is 6.58. The minimum Gasteiger partial charge on any atom is -0.432 e. The standard InChI is InChI=1S/C32H36F6O3/c1-19-17-39-31(40-18-19)22-4-2-20(3-5-22)23-8-11-26(28(34)14-23)21-6-9-24(10-7-21)32(37,38)41-25-15-29(35)27(12-13-33)30(36)16-25/h8,11-16,19-22,24,31H,2-7,9-10,17-18H2,1H3/b13-12+. The average Bonchev–Trinajstić information content (AvgIpc) is 2.95. The van der Waals surface area contributed by atoms with Crippen LogP contribution in [0.25, 0.3) is 6.08 Å². The normalized spacial score (nSPS) is 29.5. The zero-order chi connectivity index (χ0) is 29.1. The zero-order valence-electron chi connectivity index (χ0n) is 23.1. The Balaban J connectivity index is 1.15. The molecule has 1 heterocycles. The summed E-state index contributed by atoms with van der Waals surface area (Å²) in [5.74, 6) is -3.74. The Morgan fingerprint density at radius 3 is 2.00 bits per heavy atom. The summed E-state index contributed by atoms with van der Waals surface area (Å²) in [5.41, 5.74) is 0.816. The third-order valence-corrected chi connectivity index (χ3v) is 8.92. The van der Waals surface area contributed by atoms with Gasteiger partial charge in [-0.15, -0.1) is 0 Å². The van der Waals surface area contributed by atoms with E-state index in [9.17, 15) is 22.0 Å². The molecule has 0 bridgehead atoms. The van der Waals surface area contributed by atoms with Crippen LogP contribution < -0.4 is 4.74 Å². The smallest absolute Gasteiger partial charge is 0.400 e. The first-order valence-electron chi connectivity index (χ1n) is 14.5. The molecule has 224 valence electrons. The van der Waals surface area contributed by atoms with Gasteiger partial charge in [0.2, 0.25) is 0 Å². The van der Waals surface area contributed by atoms with Crippen molar-refractivity contribution in [2.45, 2.75) is 82.5 Å². The molecule has 1 aliphatic heterocycles. The van der Waals surface area contributed by atoms with E-state index in [4.69, 9.17) is 14.2 Å². The maximum absolute atomic E-state index is 15.3. The number of hydrogen-bond donors (Lipinski definition) is 0. The number of alkyl halides is 2. The van der Waals surface area contributed by atoms with E-state index in [0.29, 0.717) is 48.4 Å². The van der Waals surface area contributed by atoms with Crippen molar-refractivity contribution in [1.29, 1.82) is 0 Å². The minimum atomic E-state index is -3.67. The maximum atomic E-state index is 15.3. The highest BCUT2D eigenvalue weighted by Gasteiger charge is 2.44. The molecule has 5 rings (SSSR count). The molecule has 2 saturated carbocycles. The fourth-order valence-electron chi connectivity index (χ4n) is 6.56. The number of ether oxygens (including phenoxy) is 3. The summed E-state index contributed by atoms with van der Waals surface area (Å²) in [7, 11) is 0. The van der Waals surface area contributed by atoms with Gasteiger partial charge in [-0.1, -0.05) is 19.1 Å². The highest BCUT2D eigenvalue weighted by molar-refractivity contribution is 5.51. The van der Waals surface area contributed by atoms with Gasteiger partial charge in [-0.2, -0.15) is 8.78 Å². The van der Waals surface area contributed by atoms with Crippen LogP contribution in [-0.2, 0) is 9.47 Å². The second kappa shape index (κ2) is 12.8. The number of benzene rings is 2. The molecule has 9 heteroatoms. The molecular formula is C32H36F6O3. The molecule has 2 aromatic rings. The third-order valence-electron chi connectivity index (χ3n) is 8.92. The topological polar surface area (TPSA) is 27.7 Å². The van der Waals surface area contributed by atoms with Crippen molar-refractivity contribution in [3.8, 4) is 5.75 Å². The van der Waals surface area contributed by atoms with Crippen LogP contribution in [0.15, 0.2) is 36.7 Å². The van der Waals surface area contributed by atoms with Crippen LogP contribution >= 0.6 is 0 Å². The predicted molar refractivity (Wildman–Crippen MR) is 143 cm³/mol. The predicted octanol–water partition coefficient (Wildman–Crippen LogP) is 9.27. The number of halogens is 6. The van der Waals surface area contributed by atoms with E-state index in [1.807, 2.05) is 6.07 Å². The molecule has 0 N–H and O–H groups in total. The van der Waals surface area contributed by atoms with Gasteiger partial charge in [0.05, 0.1) is 25.5 Å². The number of rotatable bonds is 7. The summed E-state index contributed by atoms with van der Waals surface area (Å²) < 4.78 is 102. The van der Waals surface area contributed by atoms with Gasteiger partial charge in [0.15, 0.2) is 6.29 Å². The molecule has 0 unspecified atom stereocenters. The number of hydrogen-bond acceptors (Lipinski definition) is 3. The molecule has 3 aliphatic rings. The lowest BCUT2D eigenvalue weighted by molar-refractivity contribution is -0.226. The van der Waals surface area contributed by atoms with Gasteiger partial charge < -0.3 is 14.2 Å². The lowest BCUT2D eigenvalue weighted by atomic mass is 9.76. The Hall–Kier alpha value is -2.52. The van der Waals surface area contributed by atoms with Gasteiger partial charge >= 0.3 is 6.11 Å². The Morgan fingerprint density at radius 2 is 1.41 bits per heavy atom. The van der Waals surface area contributed by atoms with Crippen molar-refractivity contribution in [3.05, 3.63) is 70.8 Å². The van der Waals surface area contributed by atoms with Crippen LogP contribution in [0.1, 0.15) is 86.8 Å². The first kappa shape index (κ1) is 30.0. The summed E-state index contributed by atoms with van der Waals surface area (Å²) in [6.45, 7) is 3.54. The Kier molecular flexibility index (Phi) is 9.33. The second-order valence-corrected chi connectivity index (χ2v) is 11.8. The van der Waals surface area contributed by atoms with E-state index in [1.165, 1.54) is 0 Å². The van der Waals surface area contributed by atoms with Gasteiger partial charge in [0.25, 0.3) is 0 Å². The minimum absolute atomic E-state index is 0.0415. The van der Waals surface area contributed by atoms with Crippen molar-refractivity contribution in [1.82, 2.24) is 0 Å². The van der Waals surface area contributed by atoms with E-state index < -0.39 is 35.0 Å². The van der Waals surface area contributed by atoms with Crippen molar-refractivity contribution in [2.75, 3.05) is 13.2 Å². The quantitative estimate of drug-likeness (QED) is 0.305. The lowest BCUT2D eigenvalue weighted by Crippen LogP contribution is -2.37. The molecular weight excluding hydrogens is 546 g/mol. The molecule has 2 aliphatic carbocycles. The SMILES string of the molecule is CC1COC(C2CCC(c3ccc(C4CCC(C(F)(F)Oc5cc(F)c(/C=C/F)c(F)c5)CC4)c(F)c3)CC2)OC1. The highest BCUT2D eigenvalue weighted by Crippen LogP contribution is 2.45. The lowest BCUT2D eigenvalue weighted by Gasteiger charge is -2.37. The highest BCUT2D eigenvalue weighted by atomic mass is 19.3. The van der Waals surface area contributed by atoms with Crippen LogP contribution in [-0.4, -0.2) is 25.6 Å².